The van der Waals surface area contributed by atoms with Crippen molar-refractivity contribution in [3.8, 4) is 0 Å². The fraction of sp³-hybridized carbons (Fsp3) is 0.348. The van der Waals surface area contributed by atoms with E-state index in [4.69, 9.17) is 4.74 Å². The maximum absolute atomic E-state index is 12.8. The number of benzene rings is 2. The molecule has 3 rings (SSSR count). The number of esters is 1. The molecule has 1 aliphatic heterocycles. The molecule has 2 aromatic carbocycles. The van der Waals surface area contributed by atoms with Crippen LogP contribution in [0.25, 0.3) is 0 Å². The number of hydrogen-bond acceptors (Lipinski definition) is 5. The highest BCUT2D eigenvalue weighted by Gasteiger charge is 2.49. The van der Waals surface area contributed by atoms with Crippen molar-refractivity contribution in [2.24, 2.45) is 0 Å². The summed E-state index contributed by atoms with van der Waals surface area (Å²) in [5.41, 5.74) is 2.06. The Morgan fingerprint density at radius 3 is 2.23 bits per heavy atom. The molecule has 0 aromatic heterocycles. The van der Waals surface area contributed by atoms with Crippen molar-refractivity contribution >= 4 is 17.8 Å². The lowest BCUT2D eigenvalue weighted by molar-refractivity contribution is -0.143. The Kier molecular flexibility index (Phi) is 7.57. The van der Waals surface area contributed by atoms with Crippen LogP contribution in [-0.4, -0.2) is 49.1 Å². The van der Waals surface area contributed by atoms with E-state index in [9.17, 15) is 14.4 Å². The number of nitrogens with one attached hydrogen (secondary N) is 3. The third kappa shape index (κ3) is 6.15. The van der Waals surface area contributed by atoms with Gasteiger partial charge in [0.25, 0.3) is 0 Å². The summed E-state index contributed by atoms with van der Waals surface area (Å²) in [5, 5.41) is 8.49. The van der Waals surface area contributed by atoms with Crippen LogP contribution in [0.2, 0.25) is 0 Å². The smallest absolute Gasteiger partial charge is 0.325 e. The van der Waals surface area contributed by atoms with Crippen LogP contribution in [0.1, 0.15) is 18.1 Å². The Hall–Kier alpha value is -3.19. The van der Waals surface area contributed by atoms with Gasteiger partial charge in [0.1, 0.15) is 18.1 Å². The molecule has 1 fully saturated rings. The molecule has 3 N–H and O–H groups in total. The average Bonchev–Trinajstić information content (AvgIpc) is 3.56. The van der Waals surface area contributed by atoms with E-state index in [1.165, 1.54) is 0 Å². The van der Waals surface area contributed by atoms with Crippen molar-refractivity contribution in [1.82, 2.24) is 16.0 Å². The first-order valence-electron chi connectivity index (χ1n) is 10.2. The Balaban J connectivity index is 1.58. The number of carbonyl (C=O) groups excluding carboxylic acids is 3. The number of hydrogen-bond donors (Lipinski definition) is 3. The van der Waals surface area contributed by atoms with E-state index in [0.717, 1.165) is 11.1 Å². The van der Waals surface area contributed by atoms with Crippen molar-refractivity contribution in [2.75, 3.05) is 13.2 Å². The molecule has 7 heteroatoms. The van der Waals surface area contributed by atoms with Crippen molar-refractivity contribution in [1.29, 1.82) is 0 Å². The highest BCUT2D eigenvalue weighted by Crippen LogP contribution is 2.14. The van der Waals surface area contributed by atoms with Crippen LogP contribution in [0.4, 0.5) is 0 Å². The second-order valence-electron chi connectivity index (χ2n) is 7.15. The molecule has 2 amide bonds. The average molecular weight is 409 g/mol. The van der Waals surface area contributed by atoms with Gasteiger partial charge in [-0.3, -0.25) is 19.7 Å². The number of rotatable bonds is 10. The summed E-state index contributed by atoms with van der Waals surface area (Å²) >= 11 is 0. The van der Waals surface area contributed by atoms with Gasteiger partial charge in [-0.05, 0) is 24.5 Å². The molecule has 3 atom stereocenters. The Labute approximate surface area is 176 Å². The maximum Gasteiger partial charge on any atom is 0.325 e. The summed E-state index contributed by atoms with van der Waals surface area (Å²) in [6.07, 6.45) is 1.06. The molecule has 2 aromatic rings. The zero-order valence-corrected chi connectivity index (χ0v) is 17.0. The van der Waals surface area contributed by atoms with Crippen LogP contribution in [-0.2, 0) is 32.0 Å². The molecule has 7 nitrogen and oxygen atoms in total. The van der Waals surface area contributed by atoms with E-state index in [1.54, 1.807) is 6.92 Å². The quantitative estimate of drug-likeness (QED) is 0.401. The molecule has 158 valence electrons. The van der Waals surface area contributed by atoms with Crippen molar-refractivity contribution in [2.45, 2.75) is 37.9 Å². The van der Waals surface area contributed by atoms with Gasteiger partial charge in [-0.2, -0.15) is 0 Å². The van der Waals surface area contributed by atoms with Gasteiger partial charge in [-0.25, -0.2) is 0 Å². The maximum atomic E-state index is 12.8. The standard InChI is InChI=1S/C23H27N3O4/c1-2-30-23(29)20-19(26-20)22(28)25-18(15-17-11-7-4-8-12-17)21(27)24-14-13-16-9-5-3-6-10-16/h3-12,18-20,26H,2,13-15H2,1H3,(H,24,27)(H,25,28)/t18-,19-,20-/m0/s1. The van der Waals surface area contributed by atoms with Gasteiger partial charge in [0.15, 0.2) is 0 Å². The topological polar surface area (TPSA) is 106 Å². The molecular formula is C23H27N3O4. The fourth-order valence-electron chi connectivity index (χ4n) is 3.22. The van der Waals surface area contributed by atoms with Gasteiger partial charge in [0.2, 0.25) is 11.8 Å². The van der Waals surface area contributed by atoms with Gasteiger partial charge < -0.3 is 15.4 Å². The highest BCUT2D eigenvalue weighted by atomic mass is 16.5. The van der Waals surface area contributed by atoms with Crippen molar-refractivity contribution in [3.05, 3.63) is 71.8 Å². The van der Waals surface area contributed by atoms with Crippen molar-refractivity contribution < 1.29 is 19.1 Å². The molecule has 0 aliphatic carbocycles. The minimum absolute atomic E-state index is 0.253. The molecule has 0 radical (unpaired) electrons. The predicted octanol–water partition coefficient (Wildman–Crippen LogP) is 0.976. The van der Waals surface area contributed by atoms with Gasteiger partial charge in [-0.15, -0.1) is 0 Å². The van der Waals surface area contributed by atoms with E-state index in [1.807, 2.05) is 60.7 Å². The second kappa shape index (κ2) is 10.5. The van der Waals surface area contributed by atoms with Crippen LogP contribution in [0.5, 0.6) is 0 Å². The summed E-state index contributed by atoms with van der Waals surface area (Å²) < 4.78 is 4.93. The molecule has 0 bridgehead atoms. The van der Waals surface area contributed by atoms with E-state index >= 15 is 0 Å². The minimum Gasteiger partial charge on any atom is -0.465 e. The normalized spacial score (nSPS) is 18.2. The number of carbonyl (C=O) groups is 3. The van der Waals surface area contributed by atoms with E-state index in [-0.39, 0.29) is 18.4 Å². The molecule has 30 heavy (non-hydrogen) atoms. The lowest BCUT2D eigenvalue weighted by Crippen LogP contribution is -2.50. The fourth-order valence-corrected chi connectivity index (χ4v) is 3.22. The molecular weight excluding hydrogens is 382 g/mol. The molecule has 1 heterocycles. The molecule has 1 saturated heterocycles. The largest absolute Gasteiger partial charge is 0.465 e. The number of amides is 2. The van der Waals surface area contributed by atoms with Crippen LogP contribution < -0.4 is 16.0 Å². The van der Waals surface area contributed by atoms with Crippen LogP contribution in [0, 0.1) is 0 Å². The lowest BCUT2D eigenvalue weighted by atomic mass is 10.0. The first-order chi connectivity index (χ1) is 14.6. The Morgan fingerprint density at radius 1 is 0.967 bits per heavy atom. The minimum atomic E-state index is -0.735. The van der Waals surface area contributed by atoms with Crippen molar-refractivity contribution in [3.63, 3.8) is 0 Å². The first-order valence-corrected chi connectivity index (χ1v) is 10.2. The summed E-state index contributed by atoms with van der Waals surface area (Å²) in [4.78, 5) is 37.1. The third-order valence-corrected chi connectivity index (χ3v) is 4.88. The Bertz CT molecular complexity index is 857. The first kappa shape index (κ1) is 21.5. The third-order valence-electron chi connectivity index (χ3n) is 4.88. The second-order valence-corrected chi connectivity index (χ2v) is 7.15. The highest BCUT2D eigenvalue weighted by molar-refractivity contribution is 5.97. The summed E-state index contributed by atoms with van der Waals surface area (Å²) in [6, 6.07) is 17.3. The van der Waals surface area contributed by atoms with Gasteiger partial charge in [-0.1, -0.05) is 60.7 Å². The summed E-state index contributed by atoms with van der Waals surface area (Å²) in [5.74, 6) is -1.09. The van der Waals surface area contributed by atoms with Crippen LogP contribution in [0.3, 0.4) is 0 Å². The van der Waals surface area contributed by atoms with Gasteiger partial charge in [0, 0.05) is 13.0 Å². The van der Waals surface area contributed by atoms with E-state index in [0.29, 0.717) is 19.4 Å². The van der Waals surface area contributed by atoms with Gasteiger partial charge in [0.05, 0.1) is 6.61 Å². The Morgan fingerprint density at radius 2 is 1.60 bits per heavy atom. The zero-order chi connectivity index (χ0) is 21.3. The molecule has 0 unspecified atom stereocenters. The molecule has 1 aliphatic rings. The number of ether oxygens (including phenoxy) is 1. The zero-order valence-electron chi connectivity index (χ0n) is 17.0. The predicted molar refractivity (Wildman–Crippen MR) is 113 cm³/mol. The molecule has 0 saturated carbocycles. The van der Waals surface area contributed by atoms with Gasteiger partial charge >= 0.3 is 5.97 Å². The van der Waals surface area contributed by atoms with E-state index in [2.05, 4.69) is 16.0 Å². The van der Waals surface area contributed by atoms with Crippen LogP contribution >= 0.6 is 0 Å². The lowest BCUT2D eigenvalue weighted by Gasteiger charge is -2.18. The molecule has 0 spiro atoms. The summed E-state index contributed by atoms with van der Waals surface area (Å²) in [6.45, 7) is 2.44. The summed E-state index contributed by atoms with van der Waals surface area (Å²) in [7, 11) is 0. The monoisotopic (exact) mass is 409 g/mol. The SMILES string of the molecule is CCOC(=O)[C@H]1N[C@@H]1C(=O)N[C@@H](Cc1ccccc1)C(=O)NCCc1ccccc1. The van der Waals surface area contributed by atoms with Crippen LogP contribution in [0.15, 0.2) is 60.7 Å². The van der Waals surface area contributed by atoms with E-state index < -0.39 is 24.1 Å².